The van der Waals surface area contributed by atoms with Crippen molar-refractivity contribution in [2.24, 2.45) is 5.92 Å². The summed E-state index contributed by atoms with van der Waals surface area (Å²) in [4.78, 5) is 17.3. The maximum Gasteiger partial charge on any atom is 0.242 e. The van der Waals surface area contributed by atoms with E-state index >= 15 is 0 Å². The van der Waals surface area contributed by atoms with Gasteiger partial charge in [-0.3, -0.25) is 4.79 Å². The highest BCUT2D eigenvalue weighted by atomic mass is 32.2. The molecule has 2 aromatic rings. The van der Waals surface area contributed by atoms with E-state index in [0.717, 1.165) is 36.9 Å². The summed E-state index contributed by atoms with van der Waals surface area (Å²) >= 11 is 0. The number of carbonyl (C=O) groups is 1. The fourth-order valence-corrected chi connectivity index (χ4v) is 6.67. The maximum absolute atomic E-state index is 13.5. The molecule has 2 aromatic carbocycles. The van der Waals surface area contributed by atoms with Crippen LogP contribution < -0.4 is 19.1 Å². The van der Waals surface area contributed by atoms with Crippen LogP contribution in [0.5, 0.6) is 17.2 Å². The molecule has 214 valence electrons. The molecule has 1 saturated heterocycles. The highest BCUT2D eigenvalue weighted by Gasteiger charge is 2.30. The zero-order chi connectivity index (χ0) is 28.0. The van der Waals surface area contributed by atoms with E-state index in [2.05, 4.69) is 4.90 Å². The summed E-state index contributed by atoms with van der Waals surface area (Å²) in [6, 6.07) is 10.6. The number of piperazine rings is 1. The molecule has 10 heteroatoms. The highest BCUT2D eigenvalue weighted by molar-refractivity contribution is 7.89. The van der Waals surface area contributed by atoms with Crippen LogP contribution >= 0.6 is 0 Å². The smallest absolute Gasteiger partial charge is 0.242 e. The lowest BCUT2D eigenvalue weighted by molar-refractivity contribution is -0.136. The second-order valence-corrected chi connectivity index (χ2v) is 12.3. The molecule has 9 nitrogen and oxygen atoms in total. The van der Waals surface area contributed by atoms with Crippen molar-refractivity contribution in [1.82, 2.24) is 9.21 Å². The van der Waals surface area contributed by atoms with Crippen LogP contribution in [0.1, 0.15) is 37.7 Å². The van der Waals surface area contributed by atoms with E-state index in [0.29, 0.717) is 56.4 Å². The Labute approximate surface area is 232 Å². The minimum Gasteiger partial charge on any atom is -0.495 e. The molecule has 0 radical (unpaired) electrons. The third kappa shape index (κ3) is 6.61. The zero-order valence-corrected chi connectivity index (χ0v) is 24.3. The van der Waals surface area contributed by atoms with Gasteiger partial charge in [-0.2, -0.15) is 0 Å². The number of hydrogen-bond donors (Lipinski definition) is 0. The van der Waals surface area contributed by atoms with Crippen LogP contribution in [0.25, 0.3) is 0 Å². The highest BCUT2D eigenvalue weighted by Crippen LogP contribution is 2.34. The zero-order valence-electron chi connectivity index (χ0n) is 23.5. The molecule has 0 unspecified atom stereocenters. The van der Waals surface area contributed by atoms with Crippen molar-refractivity contribution < 1.29 is 27.4 Å². The third-order valence-corrected chi connectivity index (χ3v) is 9.76. The van der Waals surface area contributed by atoms with Gasteiger partial charge in [-0.05, 0) is 55.2 Å². The number of likely N-dealkylation sites (N-methyl/N-ethyl adjacent to an activating group) is 1. The Morgan fingerprint density at radius 2 is 1.51 bits per heavy atom. The number of sulfonamides is 1. The predicted molar refractivity (Wildman–Crippen MR) is 151 cm³/mol. The SMILES string of the molecule is COc1ccc(CCN(C)S(=O)(=O)c2ccc(OC)c(N3CCN(C(=O)C4CCCCC4)CC3)c2)cc1OC. The van der Waals surface area contributed by atoms with Gasteiger partial charge in [-0.1, -0.05) is 25.3 Å². The van der Waals surface area contributed by atoms with E-state index in [9.17, 15) is 13.2 Å². The minimum atomic E-state index is -3.73. The molecule has 4 rings (SSSR count). The van der Waals surface area contributed by atoms with Crippen molar-refractivity contribution in [3.05, 3.63) is 42.0 Å². The predicted octanol–water partition coefficient (Wildman–Crippen LogP) is 3.80. The van der Waals surface area contributed by atoms with E-state index in [1.165, 1.54) is 10.7 Å². The molecule has 1 heterocycles. The number of rotatable bonds is 10. The van der Waals surface area contributed by atoms with Crippen molar-refractivity contribution in [2.75, 3.05) is 66.0 Å². The molecule has 2 aliphatic rings. The maximum atomic E-state index is 13.5. The molecule has 1 aliphatic carbocycles. The van der Waals surface area contributed by atoms with Crippen molar-refractivity contribution in [1.29, 1.82) is 0 Å². The Kier molecular flexibility index (Phi) is 9.61. The van der Waals surface area contributed by atoms with Gasteiger partial charge in [0.05, 0.1) is 31.9 Å². The van der Waals surface area contributed by atoms with Crippen LogP contribution in [0, 0.1) is 5.92 Å². The van der Waals surface area contributed by atoms with Gasteiger partial charge in [-0.15, -0.1) is 0 Å². The number of hydrogen-bond acceptors (Lipinski definition) is 7. The van der Waals surface area contributed by atoms with Gasteiger partial charge in [0, 0.05) is 45.7 Å². The van der Waals surface area contributed by atoms with Gasteiger partial charge in [0.1, 0.15) is 5.75 Å². The van der Waals surface area contributed by atoms with Crippen LogP contribution in [-0.2, 0) is 21.2 Å². The number of methoxy groups -OCH3 is 3. The van der Waals surface area contributed by atoms with Gasteiger partial charge < -0.3 is 24.0 Å². The summed E-state index contributed by atoms with van der Waals surface area (Å²) < 4.78 is 44.6. The van der Waals surface area contributed by atoms with Crippen LogP contribution in [0.15, 0.2) is 41.3 Å². The molecule has 0 aromatic heterocycles. The normalized spacial score (nSPS) is 16.8. The van der Waals surface area contributed by atoms with Gasteiger partial charge in [0.15, 0.2) is 11.5 Å². The monoisotopic (exact) mass is 559 g/mol. The van der Waals surface area contributed by atoms with E-state index < -0.39 is 10.0 Å². The number of nitrogens with zero attached hydrogens (tertiary/aromatic N) is 3. The lowest BCUT2D eigenvalue weighted by Crippen LogP contribution is -2.50. The van der Waals surface area contributed by atoms with E-state index in [1.807, 2.05) is 23.1 Å². The van der Waals surface area contributed by atoms with E-state index in [4.69, 9.17) is 14.2 Å². The lowest BCUT2D eigenvalue weighted by atomic mass is 9.88. The van der Waals surface area contributed by atoms with Crippen molar-refractivity contribution >= 4 is 21.6 Å². The first kappa shape index (κ1) is 29.0. The van der Waals surface area contributed by atoms with E-state index in [-0.39, 0.29) is 16.7 Å². The Bertz CT molecular complexity index is 1240. The van der Waals surface area contributed by atoms with Crippen LogP contribution in [0.3, 0.4) is 0 Å². The fourth-order valence-electron chi connectivity index (χ4n) is 5.48. The van der Waals surface area contributed by atoms with E-state index in [1.54, 1.807) is 46.6 Å². The summed E-state index contributed by atoms with van der Waals surface area (Å²) in [6.07, 6.45) is 6.01. The number of benzene rings is 2. The van der Waals surface area contributed by atoms with Crippen LogP contribution in [0.2, 0.25) is 0 Å². The number of anilines is 1. The Morgan fingerprint density at radius 1 is 0.872 bits per heavy atom. The molecule has 0 atom stereocenters. The molecule has 39 heavy (non-hydrogen) atoms. The van der Waals surface area contributed by atoms with Gasteiger partial charge in [0.2, 0.25) is 15.9 Å². The molecule has 2 fully saturated rings. The lowest BCUT2D eigenvalue weighted by Gasteiger charge is -2.38. The second-order valence-electron chi connectivity index (χ2n) is 10.2. The average Bonchev–Trinajstić information content (AvgIpc) is 2.99. The molecule has 0 N–H and O–H groups in total. The van der Waals surface area contributed by atoms with Crippen molar-refractivity contribution in [3.63, 3.8) is 0 Å². The van der Waals surface area contributed by atoms with Crippen molar-refractivity contribution in [2.45, 2.75) is 43.4 Å². The average molecular weight is 560 g/mol. The molecule has 0 bridgehead atoms. The third-order valence-electron chi connectivity index (χ3n) is 7.91. The van der Waals surface area contributed by atoms with Crippen LogP contribution in [0.4, 0.5) is 5.69 Å². The molecular weight excluding hydrogens is 518 g/mol. The van der Waals surface area contributed by atoms with Crippen LogP contribution in [-0.4, -0.2) is 84.6 Å². The summed E-state index contributed by atoms with van der Waals surface area (Å²) in [6.45, 7) is 2.82. The Morgan fingerprint density at radius 3 is 2.15 bits per heavy atom. The van der Waals surface area contributed by atoms with Crippen molar-refractivity contribution in [3.8, 4) is 17.2 Å². The molecule has 1 saturated carbocycles. The van der Waals surface area contributed by atoms with Gasteiger partial charge >= 0.3 is 0 Å². The first-order chi connectivity index (χ1) is 18.8. The standard InChI is InChI=1S/C29H41N3O6S/c1-30(15-14-22-10-12-27(37-3)28(20-22)38-4)39(34,35)24-11-13-26(36-2)25(21-24)31-16-18-32(19-17-31)29(33)23-8-6-5-7-9-23/h10-13,20-21,23H,5-9,14-19H2,1-4H3. The summed E-state index contributed by atoms with van der Waals surface area (Å²) in [5.74, 6) is 2.29. The number of amides is 1. The quantitative estimate of drug-likeness (QED) is 0.438. The minimum absolute atomic E-state index is 0.155. The first-order valence-corrected chi connectivity index (χ1v) is 15.1. The summed E-state index contributed by atoms with van der Waals surface area (Å²) in [7, 11) is 2.61. The fraction of sp³-hybridized carbons (Fsp3) is 0.552. The molecule has 1 amide bonds. The summed E-state index contributed by atoms with van der Waals surface area (Å²) in [5.41, 5.74) is 1.68. The Balaban J connectivity index is 1.43. The number of carbonyl (C=O) groups excluding carboxylic acids is 1. The first-order valence-electron chi connectivity index (χ1n) is 13.7. The second kappa shape index (κ2) is 12.9. The summed E-state index contributed by atoms with van der Waals surface area (Å²) in [5, 5.41) is 0. The van der Waals surface area contributed by atoms with Gasteiger partial charge in [-0.25, -0.2) is 12.7 Å². The number of ether oxygens (including phenoxy) is 3. The Hall–Kier alpha value is -2.98. The molecule has 0 spiro atoms. The largest absolute Gasteiger partial charge is 0.495 e. The molecular formula is C29H41N3O6S. The van der Waals surface area contributed by atoms with Gasteiger partial charge in [0.25, 0.3) is 0 Å². The molecule has 1 aliphatic heterocycles. The topological polar surface area (TPSA) is 88.6 Å².